The van der Waals surface area contributed by atoms with E-state index in [1.165, 1.54) is 11.8 Å². The van der Waals surface area contributed by atoms with Crippen molar-refractivity contribution in [3.8, 4) is 0 Å². The Morgan fingerprint density at radius 1 is 1.27 bits per heavy atom. The van der Waals surface area contributed by atoms with Crippen LogP contribution >= 0.6 is 23.4 Å². The maximum Gasteiger partial charge on any atom is 0.234 e. The standard InChI is InChI=1S/C21H23ClN6OS/c1-12-6-8-15(9-7-12)24-17(29)11-30-21-25-20-18(13(2)26-27-20)19(23)28(21)16-5-3-4-14(22)10-16/h3-10,13,18,20,23,26-27H,11H2,1-2H3,(H,24,29). The second kappa shape index (κ2) is 8.77. The zero-order valence-electron chi connectivity index (χ0n) is 16.6. The van der Waals surface area contributed by atoms with E-state index in [2.05, 4.69) is 16.2 Å². The summed E-state index contributed by atoms with van der Waals surface area (Å²) in [6, 6.07) is 15.1. The summed E-state index contributed by atoms with van der Waals surface area (Å²) in [4.78, 5) is 19.1. The van der Waals surface area contributed by atoms with Crippen LogP contribution in [0, 0.1) is 18.3 Å². The number of rotatable bonds is 4. The Balaban J connectivity index is 1.54. The van der Waals surface area contributed by atoms with Gasteiger partial charge in [-0.15, -0.1) is 0 Å². The maximum absolute atomic E-state index is 12.5. The fourth-order valence-electron chi connectivity index (χ4n) is 3.53. The molecule has 3 unspecified atom stereocenters. The number of nitrogens with zero attached hydrogens (tertiary/aromatic N) is 2. The first-order valence-electron chi connectivity index (χ1n) is 9.64. The van der Waals surface area contributed by atoms with E-state index in [1.54, 1.807) is 17.0 Å². The summed E-state index contributed by atoms with van der Waals surface area (Å²) in [6.45, 7) is 4.02. The lowest BCUT2D eigenvalue weighted by Gasteiger charge is -2.36. The van der Waals surface area contributed by atoms with Crippen molar-refractivity contribution >= 4 is 51.6 Å². The van der Waals surface area contributed by atoms with Gasteiger partial charge in [0.05, 0.1) is 17.4 Å². The Labute approximate surface area is 184 Å². The molecule has 156 valence electrons. The number of fused-ring (bicyclic) bond motifs is 1. The van der Waals surface area contributed by atoms with Crippen molar-refractivity contribution in [3.63, 3.8) is 0 Å². The monoisotopic (exact) mass is 442 g/mol. The van der Waals surface area contributed by atoms with Gasteiger partial charge in [-0.1, -0.05) is 47.1 Å². The lowest BCUT2D eigenvalue weighted by atomic mass is 9.97. The summed E-state index contributed by atoms with van der Waals surface area (Å²) in [6.07, 6.45) is -0.245. The third-order valence-electron chi connectivity index (χ3n) is 5.07. The van der Waals surface area contributed by atoms with E-state index < -0.39 is 0 Å². The number of hydrogen-bond acceptors (Lipinski definition) is 6. The SMILES string of the molecule is Cc1ccc(NC(=O)CSC2=NC3NNC(C)C3C(=N)N2c2cccc(Cl)c2)cc1. The molecule has 4 rings (SSSR count). The van der Waals surface area contributed by atoms with Crippen LogP contribution in [0.25, 0.3) is 0 Å². The topological polar surface area (TPSA) is 92.6 Å². The molecule has 7 nitrogen and oxygen atoms in total. The molecule has 0 aliphatic carbocycles. The van der Waals surface area contributed by atoms with Crippen LogP contribution in [0.3, 0.4) is 0 Å². The van der Waals surface area contributed by atoms with Gasteiger partial charge in [0, 0.05) is 16.8 Å². The predicted octanol–water partition coefficient (Wildman–Crippen LogP) is 3.61. The lowest BCUT2D eigenvalue weighted by molar-refractivity contribution is -0.113. The summed E-state index contributed by atoms with van der Waals surface area (Å²) in [5.74, 6) is 0.354. The number of hydrazine groups is 1. The highest BCUT2D eigenvalue weighted by atomic mass is 35.5. The molecule has 3 atom stereocenters. The van der Waals surface area contributed by atoms with Crippen LogP contribution in [0.2, 0.25) is 5.02 Å². The third kappa shape index (κ3) is 4.37. The Morgan fingerprint density at radius 2 is 2.03 bits per heavy atom. The van der Waals surface area contributed by atoms with Gasteiger partial charge >= 0.3 is 0 Å². The largest absolute Gasteiger partial charge is 0.325 e. The molecule has 1 fully saturated rings. The minimum Gasteiger partial charge on any atom is -0.325 e. The second-order valence-corrected chi connectivity index (χ2v) is 8.74. The van der Waals surface area contributed by atoms with Crippen molar-refractivity contribution in [1.82, 2.24) is 10.9 Å². The quantitative estimate of drug-likeness (QED) is 0.580. The first kappa shape index (κ1) is 20.9. The van der Waals surface area contributed by atoms with Crippen LogP contribution in [0.4, 0.5) is 11.4 Å². The van der Waals surface area contributed by atoms with E-state index in [9.17, 15) is 4.79 Å². The molecule has 0 saturated carbocycles. The minimum absolute atomic E-state index is 0.0596. The van der Waals surface area contributed by atoms with Crippen molar-refractivity contribution < 1.29 is 4.79 Å². The fourth-order valence-corrected chi connectivity index (χ4v) is 4.57. The van der Waals surface area contributed by atoms with E-state index in [-0.39, 0.29) is 29.8 Å². The van der Waals surface area contributed by atoms with Crippen molar-refractivity contribution in [2.24, 2.45) is 10.9 Å². The second-order valence-electron chi connectivity index (χ2n) is 7.36. The molecule has 2 heterocycles. The molecule has 1 amide bonds. The smallest absolute Gasteiger partial charge is 0.234 e. The zero-order valence-corrected chi connectivity index (χ0v) is 18.2. The van der Waals surface area contributed by atoms with Crippen molar-refractivity contribution in [3.05, 3.63) is 59.1 Å². The van der Waals surface area contributed by atoms with Crippen LogP contribution in [0.5, 0.6) is 0 Å². The van der Waals surface area contributed by atoms with Crippen LogP contribution < -0.4 is 21.1 Å². The highest BCUT2D eigenvalue weighted by Gasteiger charge is 2.43. The van der Waals surface area contributed by atoms with Gasteiger partial charge in [0.1, 0.15) is 12.0 Å². The van der Waals surface area contributed by atoms with Gasteiger partial charge in [-0.3, -0.25) is 20.5 Å². The normalized spacial score (nSPS) is 23.2. The maximum atomic E-state index is 12.5. The molecule has 1 saturated heterocycles. The lowest BCUT2D eigenvalue weighted by Crippen LogP contribution is -2.50. The van der Waals surface area contributed by atoms with Crippen LogP contribution in [0.15, 0.2) is 53.5 Å². The number of anilines is 2. The molecule has 30 heavy (non-hydrogen) atoms. The average molecular weight is 443 g/mol. The highest BCUT2D eigenvalue weighted by molar-refractivity contribution is 8.14. The summed E-state index contributed by atoms with van der Waals surface area (Å²) in [5.41, 5.74) is 8.95. The summed E-state index contributed by atoms with van der Waals surface area (Å²) in [7, 11) is 0. The minimum atomic E-state index is -0.245. The van der Waals surface area contributed by atoms with E-state index >= 15 is 0 Å². The molecular weight excluding hydrogens is 420 g/mol. The van der Waals surface area contributed by atoms with Crippen LogP contribution in [0.1, 0.15) is 12.5 Å². The number of amidine groups is 2. The van der Waals surface area contributed by atoms with Gasteiger partial charge in [-0.25, -0.2) is 10.4 Å². The number of aliphatic imine (C=N–C) groups is 1. The number of benzene rings is 2. The van der Waals surface area contributed by atoms with Gasteiger partial charge in [0.15, 0.2) is 5.17 Å². The Bertz CT molecular complexity index is 995. The summed E-state index contributed by atoms with van der Waals surface area (Å²) in [5, 5.41) is 12.9. The van der Waals surface area contributed by atoms with Gasteiger partial charge in [-0.2, -0.15) is 0 Å². The molecule has 0 spiro atoms. The van der Waals surface area contributed by atoms with Gasteiger partial charge in [0.2, 0.25) is 5.91 Å². The average Bonchev–Trinajstić information content (AvgIpc) is 3.09. The van der Waals surface area contributed by atoms with Gasteiger partial charge in [0.25, 0.3) is 0 Å². The number of carbonyl (C=O) groups is 1. The molecule has 2 aliphatic heterocycles. The highest BCUT2D eigenvalue weighted by Crippen LogP contribution is 2.32. The number of thioether (sulfide) groups is 1. The molecule has 2 aromatic carbocycles. The Morgan fingerprint density at radius 3 is 2.77 bits per heavy atom. The molecule has 2 aromatic rings. The van der Waals surface area contributed by atoms with Crippen molar-refractivity contribution in [2.75, 3.05) is 16.0 Å². The van der Waals surface area contributed by atoms with Gasteiger partial charge in [-0.05, 0) is 44.2 Å². The van der Waals surface area contributed by atoms with Gasteiger partial charge < -0.3 is 5.32 Å². The van der Waals surface area contributed by atoms with Crippen molar-refractivity contribution in [2.45, 2.75) is 26.1 Å². The van der Waals surface area contributed by atoms with Crippen molar-refractivity contribution in [1.29, 1.82) is 5.41 Å². The first-order chi connectivity index (χ1) is 14.4. The van der Waals surface area contributed by atoms with Crippen LogP contribution in [-0.2, 0) is 4.79 Å². The summed E-state index contributed by atoms with van der Waals surface area (Å²) >= 11 is 7.50. The van der Waals surface area contributed by atoms with E-state index in [1.807, 2.05) is 50.2 Å². The molecular formula is C21H23ClN6OS. The molecule has 0 aromatic heterocycles. The number of hydrogen-bond donors (Lipinski definition) is 4. The molecule has 4 N–H and O–H groups in total. The first-order valence-corrected chi connectivity index (χ1v) is 11.0. The predicted molar refractivity (Wildman–Crippen MR) is 124 cm³/mol. The van der Waals surface area contributed by atoms with Crippen LogP contribution in [-0.4, -0.2) is 34.9 Å². The number of amides is 1. The third-order valence-corrected chi connectivity index (χ3v) is 6.26. The molecule has 2 aliphatic rings. The number of halogens is 1. The Hall–Kier alpha value is -2.39. The molecule has 9 heteroatoms. The number of nitrogens with one attached hydrogen (secondary N) is 4. The molecule has 0 bridgehead atoms. The van der Waals surface area contributed by atoms with E-state index in [0.717, 1.165) is 16.9 Å². The van der Waals surface area contributed by atoms with E-state index in [4.69, 9.17) is 22.0 Å². The van der Waals surface area contributed by atoms with E-state index in [0.29, 0.717) is 16.0 Å². The summed E-state index contributed by atoms with van der Waals surface area (Å²) < 4.78 is 0. The number of aryl methyl sites for hydroxylation is 1. The fraction of sp³-hybridized carbons (Fsp3) is 0.286. The zero-order chi connectivity index (χ0) is 21.3. The molecule has 0 radical (unpaired) electrons. The Kier molecular flexibility index (Phi) is 6.10. The number of carbonyl (C=O) groups excluding carboxylic acids is 1.